The summed E-state index contributed by atoms with van der Waals surface area (Å²) < 4.78 is 0. The van der Waals surface area contributed by atoms with Gasteiger partial charge in [-0.1, -0.05) is 38.1 Å². The molecular formula is C28H27N3O. The Labute approximate surface area is 189 Å². The highest BCUT2D eigenvalue weighted by molar-refractivity contribution is 6.24. The summed E-state index contributed by atoms with van der Waals surface area (Å²) >= 11 is 0. The monoisotopic (exact) mass is 421 g/mol. The summed E-state index contributed by atoms with van der Waals surface area (Å²) in [5.74, 6) is 0.368. The van der Waals surface area contributed by atoms with Crippen LogP contribution < -0.4 is 0 Å². The molecule has 0 fully saturated rings. The van der Waals surface area contributed by atoms with Crippen molar-refractivity contribution in [1.82, 2.24) is 14.9 Å². The Bertz CT molecular complexity index is 1290. The van der Waals surface area contributed by atoms with Crippen molar-refractivity contribution in [3.05, 3.63) is 95.9 Å². The summed E-state index contributed by atoms with van der Waals surface area (Å²) in [6, 6.07) is 20.5. The van der Waals surface area contributed by atoms with Crippen LogP contribution in [0.25, 0.3) is 33.7 Å². The number of hydrogen-bond donors (Lipinski definition) is 0. The third kappa shape index (κ3) is 4.45. The van der Waals surface area contributed by atoms with E-state index in [0.29, 0.717) is 11.5 Å². The highest BCUT2D eigenvalue weighted by Gasteiger charge is 2.15. The lowest BCUT2D eigenvalue weighted by molar-refractivity contribution is -0.122. The third-order valence-corrected chi connectivity index (χ3v) is 5.53. The van der Waals surface area contributed by atoms with Gasteiger partial charge in [-0.15, -0.1) is 0 Å². The second-order valence-electron chi connectivity index (χ2n) is 8.42. The number of nitrogens with zero attached hydrogens (tertiary/aromatic N) is 3. The lowest BCUT2D eigenvalue weighted by atomic mass is 9.93. The van der Waals surface area contributed by atoms with Crippen LogP contribution in [-0.4, -0.2) is 34.9 Å². The van der Waals surface area contributed by atoms with Crippen molar-refractivity contribution < 1.29 is 4.79 Å². The largest absolute Gasteiger partial charge is 0.345 e. The summed E-state index contributed by atoms with van der Waals surface area (Å²) in [6.07, 6.45) is 7.19. The molecule has 2 aromatic heterocycles. The molecule has 1 amide bonds. The van der Waals surface area contributed by atoms with Gasteiger partial charge in [-0.3, -0.25) is 14.8 Å². The van der Waals surface area contributed by atoms with Crippen molar-refractivity contribution in [3.63, 3.8) is 0 Å². The smallest absolute Gasteiger partial charge is 0.253 e. The molecule has 0 aliphatic rings. The fraction of sp³-hybridized carbons (Fsp3) is 0.179. The van der Waals surface area contributed by atoms with Crippen molar-refractivity contribution in [1.29, 1.82) is 0 Å². The van der Waals surface area contributed by atoms with Crippen molar-refractivity contribution in [2.75, 3.05) is 14.1 Å². The second kappa shape index (κ2) is 9.15. The van der Waals surface area contributed by atoms with E-state index in [1.807, 2.05) is 42.6 Å². The molecule has 0 aliphatic carbocycles. The van der Waals surface area contributed by atoms with Gasteiger partial charge in [0.2, 0.25) is 0 Å². The topological polar surface area (TPSA) is 46.1 Å². The molecule has 2 aromatic carbocycles. The van der Waals surface area contributed by atoms with E-state index in [-0.39, 0.29) is 5.91 Å². The maximum atomic E-state index is 12.9. The van der Waals surface area contributed by atoms with E-state index < -0.39 is 0 Å². The molecule has 0 radical (unpaired) electrons. The molecule has 0 unspecified atom stereocenters. The number of carbonyl (C=O) groups is 1. The number of likely N-dealkylation sites (N-methyl/N-ethyl adjacent to an activating group) is 1. The lowest BCUT2D eigenvalue weighted by Gasteiger charge is -2.15. The first-order valence-corrected chi connectivity index (χ1v) is 10.8. The third-order valence-electron chi connectivity index (χ3n) is 5.53. The van der Waals surface area contributed by atoms with Crippen molar-refractivity contribution in [2.24, 2.45) is 0 Å². The van der Waals surface area contributed by atoms with Gasteiger partial charge in [-0.05, 0) is 70.6 Å². The number of amides is 1. The molecule has 0 bridgehead atoms. The molecule has 0 saturated carbocycles. The average Bonchev–Trinajstić information content (AvgIpc) is 2.82. The predicted octanol–water partition coefficient (Wildman–Crippen LogP) is 6.05. The Morgan fingerprint density at radius 1 is 0.938 bits per heavy atom. The standard InChI is InChI=1S/C28H27N3O/c1-19(2)24-17-23-9-6-12-30-27(23)25(18-24)22-8-5-7-20(15-22)16-26(28(32)31(3)4)21-10-13-29-14-11-21/h5-19H,1-4H3/b26-16+. The molecule has 160 valence electrons. The Morgan fingerprint density at radius 2 is 1.72 bits per heavy atom. The Kier molecular flexibility index (Phi) is 6.13. The predicted molar refractivity (Wildman–Crippen MR) is 132 cm³/mol. The van der Waals surface area contributed by atoms with E-state index in [0.717, 1.165) is 33.2 Å². The van der Waals surface area contributed by atoms with Gasteiger partial charge < -0.3 is 4.90 Å². The molecule has 2 heterocycles. The minimum absolute atomic E-state index is 0.0458. The fourth-order valence-electron chi connectivity index (χ4n) is 3.77. The first kappa shape index (κ1) is 21.4. The van der Waals surface area contributed by atoms with E-state index in [1.54, 1.807) is 31.4 Å². The second-order valence-corrected chi connectivity index (χ2v) is 8.42. The summed E-state index contributed by atoms with van der Waals surface area (Å²) in [6.45, 7) is 4.41. The van der Waals surface area contributed by atoms with Crippen molar-refractivity contribution >= 4 is 28.5 Å². The Hall–Kier alpha value is -3.79. The number of hydrogen-bond acceptors (Lipinski definition) is 3. The van der Waals surface area contributed by atoms with Gasteiger partial charge in [0.25, 0.3) is 5.91 Å². The van der Waals surface area contributed by atoms with E-state index in [2.05, 4.69) is 54.1 Å². The quantitative estimate of drug-likeness (QED) is 0.369. The van der Waals surface area contributed by atoms with Gasteiger partial charge in [-0.25, -0.2) is 0 Å². The Balaban J connectivity index is 1.86. The van der Waals surface area contributed by atoms with Crippen molar-refractivity contribution in [2.45, 2.75) is 19.8 Å². The molecular weight excluding hydrogens is 394 g/mol. The highest BCUT2D eigenvalue weighted by atomic mass is 16.2. The minimum Gasteiger partial charge on any atom is -0.345 e. The maximum Gasteiger partial charge on any atom is 0.253 e. The molecule has 4 aromatic rings. The normalized spacial score (nSPS) is 11.7. The summed E-state index contributed by atoms with van der Waals surface area (Å²) in [5.41, 5.74) is 6.89. The van der Waals surface area contributed by atoms with Gasteiger partial charge in [0.15, 0.2) is 0 Å². The first-order valence-electron chi connectivity index (χ1n) is 10.8. The van der Waals surface area contributed by atoms with Crippen LogP contribution in [-0.2, 0) is 4.79 Å². The van der Waals surface area contributed by atoms with Crippen LogP contribution in [0.2, 0.25) is 0 Å². The van der Waals surface area contributed by atoms with Gasteiger partial charge in [0, 0.05) is 49.2 Å². The number of benzene rings is 2. The molecule has 0 aliphatic heterocycles. The zero-order chi connectivity index (χ0) is 22.7. The fourth-order valence-corrected chi connectivity index (χ4v) is 3.77. The summed E-state index contributed by atoms with van der Waals surface area (Å²) in [5, 5.41) is 1.13. The number of carbonyl (C=O) groups excluding carboxylic acids is 1. The van der Waals surface area contributed by atoms with Crippen LogP contribution in [0.15, 0.2) is 79.3 Å². The molecule has 0 spiro atoms. The number of aromatic nitrogens is 2. The lowest BCUT2D eigenvalue weighted by Crippen LogP contribution is -2.22. The van der Waals surface area contributed by atoms with Crippen molar-refractivity contribution in [3.8, 4) is 11.1 Å². The van der Waals surface area contributed by atoms with Gasteiger partial charge in [-0.2, -0.15) is 0 Å². The van der Waals surface area contributed by atoms with E-state index in [4.69, 9.17) is 0 Å². The molecule has 0 atom stereocenters. The maximum absolute atomic E-state index is 12.9. The van der Waals surface area contributed by atoms with E-state index in [9.17, 15) is 4.79 Å². The van der Waals surface area contributed by atoms with Crippen LogP contribution in [0.5, 0.6) is 0 Å². The summed E-state index contributed by atoms with van der Waals surface area (Å²) in [4.78, 5) is 23.3. The van der Waals surface area contributed by atoms with Gasteiger partial charge >= 0.3 is 0 Å². The van der Waals surface area contributed by atoms with Crippen LogP contribution in [0.1, 0.15) is 36.5 Å². The molecule has 4 heteroatoms. The van der Waals surface area contributed by atoms with Crippen LogP contribution >= 0.6 is 0 Å². The molecule has 4 nitrogen and oxygen atoms in total. The van der Waals surface area contributed by atoms with Crippen LogP contribution in [0.3, 0.4) is 0 Å². The average molecular weight is 422 g/mol. The van der Waals surface area contributed by atoms with E-state index in [1.165, 1.54) is 5.56 Å². The molecule has 0 N–H and O–H groups in total. The number of pyridine rings is 2. The zero-order valence-corrected chi connectivity index (χ0v) is 18.9. The van der Waals surface area contributed by atoms with Gasteiger partial charge in [0.05, 0.1) is 5.52 Å². The highest BCUT2D eigenvalue weighted by Crippen LogP contribution is 2.32. The number of rotatable bonds is 5. The molecule has 0 saturated heterocycles. The van der Waals surface area contributed by atoms with Crippen LogP contribution in [0, 0.1) is 0 Å². The summed E-state index contributed by atoms with van der Waals surface area (Å²) in [7, 11) is 3.53. The van der Waals surface area contributed by atoms with Crippen LogP contribution in [0.4, 0.5) is 0 Å². The number of fused-ring (bicyclic) bond motifs is 1. The molecule has 32 heavy (non-hydrogen) atoms. The molecule has 4 rings (SSSR count). The minimum atomic E-state index is -0.0458. The first-order chi connectivity index (χ1) is 15.4. The van der Waals surface area contributed by atoms with E-state index >= 15 is 0 Å². The Morgan fingerprint density at radius 3 is 2.44 bits per heavy atom. The zero-order valence-electron chi connectivity index (χ0n) is 18.9. The van der Waals surface area contributed by atoms with Gasteiger partial charge in [0.1, 0.15) is 0 Å². The SMILES string of the molecule is CC(C)c1cc(-c2cccc(/C=C(/C(=O)N(C)C)c3ccncc3)c2)c2ncccc2c1.